The molecule has 0 saturated heterocycles. The second-order valence-electron chi connectivity index (χ2n) is 4.29. The summed E-state index contributed by atoms with van der Waals surface area (Å²) in [6, 6.07) is 3.50. The highest BCUT2D eigenvalue weighted by Crippen LogP contribution is 2.13. The average molecular weight is 260 g/mol. The first-order chi connectivity index (χ1) is 9.08. The fourth-order valence-electron chi connectivity index (χ4n) is 1.55. The second-order valence-corrected chi connectivity index (χ2v) is 4.29. The summed E-state index contributed by atoms with van der Waals surface area (Å²) in [4.78, 5) is 17.3. The maximum atomic E-state index is 11.8. The van der Waals surface area contributed by atoms with Gasteiger partial charge in [-0.15, -0.1) is 0 Å². The maximum absolute atomic E-state index is 11.8. The molecule has 0 spiro atoms. The molecule has 0 saturated carbocycles. The van der Waals surface area contributed by atoms with Crippen LogP contribution in [-0.4, -0.2) is 40.1 Å². The number of rotatable bonds is 4. The Labute approximate surface area is 110 Å². The molecule has 2 aromatic rings. The van der Waals surface area contributed by atoms with Crippen molar-refractivity contribution in [1.82, 2.24) is 20.1 Å². The van der Waals surface area contributed by atoms with Gasteiger partial charge < -0.3 is 16.0 Å². The van der Waals surface area contributed by atoms with Crippen molar-refractivity contribution in [2.45, 2.75) is 6.54 Å². The average Bonchev–Trinajstić information content (AvgIpc) is 2.81. The standard InChI is InChI=1S/C12H16N6O/c1-18(2)12(19)10-5-9(3-4-14-10)15-6-8-7-16-17-11(8)13/h3-5,7H,6H2,1-2H3,(H,14,15)(H3,13,16,17). The molecule has 0 unspecified atom stereocenters. The number of amides is 1. The van der Waals surface area contributed by atoms with Gasteiger partial charge in [-0.1, -0.05) is 0 Å². The molecule has 0 bridgehead atoms. The first kappa shape index (κ1) is 12.9. The van der Waals surface area contributed by atoms with E-state index in [-0.39, 0.29) is 5.91 Å². The van der Waals surface area contributed by atoms with E-state index in [1.54, 1.807) is 38.6 Å². The Morgan fingerprint density at radius 1 is 1.53 bits per heavy atom. The fourth-order valence-corrected chi connectivity index (χ4v) is 1.55. The van der Waals surface area contributed by atoms with Crippen LogP contribution in [0.4, 0.5) is 11.5 Å². The molecule has 0 aliphatic carbocycles. The number of nitrogens with zero attached hydrogens (tertiary/aromatic N) is 3. The Morgan fingerprint density at radius 3 is 2.95 bits per heavy atom. The lowest BCUT2D eigenvalue weighted by Gasteiger charge is -2.11. The Balaban J connectivity index is 2.07. The molecule has 2 aromatic heterocycles. The zero-order valence-corrected chi connectivity index (χ0v) is 10.8. The zero-order valence-electron chi connectivity index (χ0n) is 10.8. The van der Waals surface area contributed by atoms with Crippen molar-refractivity contribution in [3.8, 4) is 0 Å². The highest BCUT2D eigenvalue weighted by atomic mass is 16.2. The van der Waals surface area contributed by atoms with Crippen LogP contribution < -0.4 is 11.1 Å². The Morgan fingerprint density at radius 2 is 2.32 bits per heavy atom. The van der Waals surface area contributed by atoms with Gasteiger partial charge >= 0.3 is 0 Å². The van der Waals surface area contributed by atoms with E-state index in [0.29, 0.717) is 18.1 Å². The van der Waals surface area contributed by atoms with Gasteiger partial charge in [0.1, 0.15) is 11.5 Å². The number of nitrogen functional groups attached to an aromatic ring is 1. The fraction of sp³-hybridized carbons (Fsp3) is 0.250. The van der Waals surface area contributed by atoms with Crippen LogP contribution in [0.1, 0.15) is 16.1 Å². The van der Waals surface area contributed by atoms with E-state index < -0.39 is 0 Å². The Hall–Kier alpha value is -2.57. The molecule has 100 valence electrons. The molecule has 0 fully saturated rings. The van der Waals surface area contributed by atoms with Crippen LogP contribution in [0.3, 0.4) is 0 Å². The molecule has 0 atom stereocenters. The van der Waals surface area contributed by atoms with Crippen molar-refractivity contribution in [3.63, 3.8) is 0 Å². The number of hydrogen-bond acceptors (Lipinski definition) is 5. The summed E-state index contributed by atoms with van der Waals surface area (Å²) in [5, 5.41) is 9.68. The van der Waals surface area contributed by atoms with E-state index in [0.717, 1.165) is 11.3 Å². The molecule has 0 aliphatic rings. The quantitative estimate of drug-likeness (QED) is 0.751. The van der Waals surface area contributed by atoms with Crippen molar-refractivity contribution in [3.05, 3.63) is 35.8 Å². The molecule has 2 rings (SSSR count). The number of H-pyrrole nitrogens is 1. The summed E-state index contributed by atoms with van der Waals surface area (Å²) >= 11 is 0. The monoisotopic (exact) mass is 260 g/mol. The van der Waals surface area contributed by atoms with Gasteiger partial charge in [0.15, 0.2) is 0 Å². The van der Waals surface area contributed by atoms with Crippen LogP contribution in [0, 0.1) is 0 Å². The first-order valence-corrected chi connectivity index (χ1v) is 5.77. The number of aromatic nitrogens is 3. The van der Waals surface area contributed by atoms with Crippen molar-refractivity contribution in [1.29, 1.82) is 0 Å². The Bertz CT molecular complexity index is 577. The number of pyridine rings is 1. The van der Waals surface area contributed by atoms with Gasteiger partial charge in [0.25, 0.3) is 5.91 Å². The number of nitrogens with two attached hydrogens (primary N) is 1. The predicted octanol–water partition coefficient (Wildman–Crippen LogP) is 0.701. The molecule has 7 nitrogen and oxygen atoms in total. The van der Waals surface area contributed by atoms with Crippen LogP contribution in [-0.2, 0) is 6.54 Å². The normalized spacial score (nSPS) is 10.2. The topological polar surface area (TPSA) is 99.9 Å². The van der Waals surface area contributed by atoms with E-state index in [4.69, 9.17) is 5.73 Å². The van der Waals surface area contributed by atoms with Crippen LogP contribution in [0.25, 0.3) is 0 Å². The summed E-state index contributed by atoms with van der Waals surface area (Å²) in [6.07, 6.45) is 3.26. The minimum Gasteiger partial charge on any atom is -0.384 e. The van der Waals surface area contributed by atoms with Gasteiger partial charge in [-0.3, -0.25) is 14.9 Å². The van der Waals surface area contributed by atoms with Gasteiger partial charge in [-0.25, -0.2) is 0 Å². The minimum absolute atomic E-state index is 0.133. The smallest absolute Gasteiger partial charge is 0.272 e. The Kier molecular flexibility index (Phi) is 3.65. The largest absolute Gasteiger partial charge is 0.384 e. The van der Waals surface area contributed by atoms with Crippen molar-refractivity contribution in [2.24, 2.45) is 0 Å². The third-order valence-corrected chi connectivity index (χ3v) is 2.62. The second kappa shape index (κ2) is 5.38. The summed E-state index contributed by atoms with van der Waals surface area (Å²) < 4.78 is 0. The van der Waals surface area contributed by atoms with Crippen molar-refractivity contribution >= 4 is 17.4 Å². The SMILES string of the molecule is CN(C)C(=O)c1cc(NCc2cn[nH]c2N)ccn1. The van der Waals surface area contributed by atoms with Crippen LogP contribution in [0.2, 0.25) is 0 Å². The minimum atomic E-state index is -0.133. The highest BCUT2D eigenvalue weighted by Gasteiger charge is 2.10. The third kappa shape index (κ3) is 3.01. The summed E-state index contributed by atoms with van der Waals surface area (Å²) in [5.74, 6) is 0.401. The molecule has 0 radical (unpaired) electrons. The maximum Gasteiger partial charge on any atom is 0.272 e. The highest BCUT2D eigenvalue weighted by molar-refractivity contribution is 5.92. The van der Waals surface area contributed by atoms with Crippen molar-refractivity contribution < 1.29 is 4.79 Å². The zero-order chi connectivity index (χ0) is 13.8. The number of anilines is 2. The molecule has 0 aliphatic heterocycles. The van der Waals surface area contributed by atoms with Gasteiger partial charge in [0.2, 0.25) is 0 Å². The van der Waals surface area contributed by atoms with Crippen LogP contribution in [0.15, 0.2) is 24.5 Å². The lowest BCUT2D eigenvalue weighted by molar-refractivity contribution is 0.0822. The van der Waals surface area contributed by atoms with E-state index in [9.17, 15) is 4.79 Å². The van der Waals surface area contributed by atoms with Crippen LogP contribution in [0.5, 0.6) is 0 Å². The van der Waals surface area contributed by atoms with E-state index in [1.165, 1.54) is 4.90 Å². The number of carbonyl (C=O) groups is 1. The first-order valence-electron chi connectivity index (χ1n) is 5.77. The van der Waals surface area contributed by atoms with Gasteiger partial charge in [-0.2, -0.15) is 5.10 Å². The lowest BCUT2D eigenvalue weighted by atomic mass is 10.2. The molecule has 2 heterocycles. The van der Waals surface area contributed by atoms with Gasteiger partial charge in [-0.05, 0) is 12.1 Å². The summed E-state index contributed by atoms with van der Waals surface area (Å²) in [7, 11) is 3.38. The summed E-state index contributed by atoms with van der Waals surface area (Å²) in [6.45, 7) is 0.530. The lowest BCUT2D eigenvalue weighted by Crippen LogP contribution is -2.22. The number of carbonyl (C=O) groups excluding carboxylic acids is 1. The molecular formula is C12H16N6O. The molecule has 1 amide bonds. The predicted molar refractivity (Wildman–Crippen MR) is 72.6 cm³/mol. The number of nitrogens with one attached hydrogen (secondary N) is 2. The van der Waals surface area contributed by atoms with Crippen molar-refractivity contribution in [2.75, 3.05) is 25.1 Å². The van der Waals surface area contributed by atoms with Gasteiger partial charge in [0.05, 0.1) is 6.20 Å². The van der Waals surface area contributed by atoms with Gasteiger partial charge in [0, 0.05) is 38.1 Å². The molecule has 7 heteroatoms. The molecule has 0 aromatic carbocycles. The summed E-state index contributed by atoms with van der Waals surface area (Å²) in [5.41, 5.74) is 7.77. The molecule has 19 heavy (non-hydrogen) atoms. The third-order valence-electron chi connectivity index (χ3n) is 2.62. The number of hydrogen-bond donors (Lipinski definition) is 3. The van der Waals surface area contributed by atoms with Crippen LogP contribution >= 0.6 is 0 Å². The number of aromatic amines is 1. The molecule has 4 N–H and O–H groups in total. The molecular weight excluding hydrogens is 244 g/mol. The van der Waals surface area contributed by atoms with E-state index in [1.807, 2.05) is 0 Å². The van der Waals surface area contributed by atoms with E-state index in [2.05, 4.69) is 20.5 Å². The van der Waals surface area contributed by atoms with E-state index >= 15 is 0 Å².